The molecule has 0 fully saturated rings. The first-order chi connectivity index (χ1) is 15.7. The van der Waals surface area contributed by atoms with Crippen molar-refractivity contribution in [2.75, 3.05) is 11.9 Å². The van der Waals surface area contributed by atoms with Crippen molar-refractivity contribution in [1.82, 2.24) is 0 Å². The molecule has 0 atom stereocenters. The Labute approximate surface area is 185 Å². The average Bonchev–Trinajstić information content (AvgIpc) is 2.82. The van der Waals surface area contributed by atoms with E-state index < -0.39 is 34.1 Å². The fourth-order valence-electron chi connectivity index (χ4n) is 2.72. The van der Waals surface area contributed by atoms with Gasteiger partial charge in [0.2, 0.25) is 0 Å². The third-order valence-corrected chi connectivity index (χ3v) is 4.43. The topological polar surface area (TPSA) is 159 Å². The Morgan fingerprint density at radius 3 is 1.97 bits per heavy atom. The first-order valence-corrected chi connectivity index (χ1v) is 9.35. The normalized spacial score (nSPS) is 10.2. The molecule has 3 aromatic carbocycles. The summed E-state index contributed by atoms with van der Waals surface area (Å²) in [4.78, 5) is 56.8. The average molecular weight is 449 g/mol. The van der Waals surface area contributed by atoms with Crippen LogP contribution in [0.3, 0.4) is 0 Å². The van der Waals surface area contributed by atoms with Gasteiger partial charge in [-0.3, -0.25) is 29.8 Å². The van der Waals surface area contributed by atoms with Crippen LogP contribution in [0.2, 0.25) is 0 Å². The van der Waals surface area contributed by atoms with E-state index in [4.69, 9.17) is 4.74 Å². The van der Waals surface area contributed by atoms with Crippen molar-refractivity contribution >= 4 is 34.7 Å². The molecule has 0 aliphatic rings. The summed E-state index contributed by atoms with van der Waals surface area (Å²) in [5.41, 5.74) is 0.333. The van der Waals surface area contributed by atoms with Crippen LogP contribution >= 0.6 is 0 Å². The molecular weight excluding hydrogens is 434 g/mol. The number of non-ortho nitro benzene ring substituents is 2. The van der Waals surface area contributed by atoms with Crippen molar-refractivity contribution in [3.63, 3.8) is 0 Å². The number of hydrogen-bond donors (Lipinski definition) is 1. The number of nitrogens with zero attached hydrogens (tertiary/aromatic N) is 2. The molecule has 0 aliphatic heterocycles. The number of carbonyl (C=O) groups excluding carboxylic acids is 3. The van der Waals surface area contributed by atoms with Crippen LogP contribution in [-0.4, -0.2) is 34.1 Å². The summed E-state index contributed by atoms with van der Waals surface area (Å²) in [6.45, 7) is -0.554. The van der Waals surface area contributed by atoms with E-state index in [1.54, 1.807) is 0 Å². The smallest absolute Gasteiger partial charge is 0.338 e. The van der Waals surface area contributed by atoms with Crippen LogP contribution in [0, 0.1) is 20.2 Å². The van der Waals surface area contributed by atoms with E-state index in [1.807, 2.05) is 0 Å². The van der Waals surface area contributed by atoms with Crippen molar-refractivity contribution in [3.8, 4) is 0 Å². The molecule has 0 radical (unpaired) electrons. The van der Waals surface area contributed by atoms with E-state index in [1.165, 1.54) is 66.7 Å². The van der Waals surface area contributed by atoms with E-state index >= 15 is 0 Å². The lowest BCUT2D eigenvalue weighted by Crippen LogP contribution is -2.15. The number of amides is 1. The third-order valence-electron chi connectivity index (χ3n) is 4.43. The summed E-state index contributed by atoms with van der Waals surface area (Å²) in [7, 11) is 0. The van der Waals surface area contributed by atoms with Gasteiger partial charge in [0.15, 0.2) is 12.4 Å². The van der Waals surface area contributed by atoms with E-state index in [2.05, 4.69) is 5.32 Å². The minimum atomic E-state index is -0.776. The lowest BCUT2D eigenvalue weighted by atomic mass is 10.1. The van der Waals surface area contributed by atoms with E-state index in [9.17, 15) is 34.6 Å². The van der Waals surface area contributed by atoms with E-state index in [0.717, 1.165) is 6.07 Å². The first kappa shape index (κ1) is 22.7. The largest absolute Gasteiger partial charge is 0.454 e. The van der Waals surface area contributed by atoms with E-state index in [-0.39, 0.29) is 28.1 Å². The van der Waals surface area contributed by atoms with Crippen LogP contribution in [-0.2, 0) is 4.74 Å². The van der Waals surface area contributed by atoms with Crippen molar-refractivity contribution in [2.24, 2.45) is 0 Å². The Morgan fingerprint density at radius 2 is 1.36 bits per heavy atom. The molecule has 166 valence electrons. The van der Waals surface area contributed by atoms with Gasteiger partial charge >= 0.3 is 5.97 Å². The van der Waals surface area contributed by atoms with Crippen molar-refractivity contribution in [3.05, 3.63) is 110 Å². The van der Waals surface area contributed by atoms with Crippen molar-refractivity contribution < 1.29 is 29.0 Å². The number of nitro benzene ring substituents is 2. The molecule has 0 aliphatic carbocycles. The van der Waals surface area contributed by atoms with E-state index in [0.29, 0.717) is 5.69 Å². The molecule has 0 heterocycles. The molecule has 1 amide bonds. The Bertz CT molecular complexity index is 1240. The number of ether oxygens (including phenoxy) is 1. The molecule has 0 saturated heterocycles. The van der Waals surface area contributed by atoms with Gasteiger partial charge in [-0.1, -0.05) is 6.07 Å². The summed E-state index contributed by atoms with van der Waals surface area (Å²) in [6.07, 6.45) is 0. The number of carbonyl (C=O) groups is 3. The number of ketones is 1. The minimum absolute atomic E-state index is 0.0949. The zero-order valence-electron chi connectivity index (χ0n) is 16.8. The number of rotatable bonds is 8. The van der Waals surface area contributed by atoms with Gasteiger partial charge in [0.05, 0.1) is 15.4 Å². The fraction of sp³-hybridized carbons (Fsp3) is 0.0455. The molecule has 11 nitrogen and oxygen atoms in total. The number of Topliss-reactive ketones (excluding diaryl/α,β-unsaturated/α-hetero) is 1. The SMILES string of the molecule is O=C(COC(=O)c1ccc(NC(=O)c2cccc([N+](=O)[O-])c2)cc1)c1ccc([N+](=O)[O-])cc1. The monoisotopic (exact) mass is 449 g/mol. The predicted octanol–water partition coefficient (Wildman–Crippen LogP) is 3.80. The molecule has 3 rings (SSSR count). The number of hydrogen-bond acceptors (Lipinski definition) is 8. The summed E-state index contributed by atoms with van der Waals surface area (Å²) >= 11 is 0. The molecular formula is C22H15N3O8. The second-order valence-corrected chi connectivity index (χ2v) is 6.64. The predicted molar refractivity (Wildman–Crippen MR) is 115 cm³/mol. The molecule has 11 heteroatoms. The van der Waals surface area contributed by atoms with Gasteiger partial charge < -0.3 is 10.1 Å². The second-order valence-electron chi connectivity index (χ2n) is 6.64. The van der Waals surface area contributed by atoms with Gasteiger partial charge in [-0.25, -0.2) is 4.79 Å². The maximum absolute atomic E-state index is 12.3. The van der Waals surface area contributed by atoms with Gasteiger partial charge in [0.1, 0.15) is 0 Å². The summed E-state index contributed by atoms with van der Waals surface area (Å²) < 4.78 is 4.97. The maximum atomic E-state index is 12.3. The molecule has 0 bridgehead atoms. The molecule has 3 aromatic rings. The third kappa shape index (κ3) is 5.82. The summed E-state index contributed by atoms with van der Waals surface area (Å²) in [6, 6.07) is 15.7. The number of nitrogens with one attached hydrogen (secondary N) is 1. The number of nitro groups is 2. The molecule has 1 N–H and O–H groups in total. The first-order valence-electron chi connectivity index (χ1n) is 9.35. The Balaban J connectivity index is 1.57. The van der Waals surface area contributed by atoms with Gasteiger partial charge in [0, 0.05) is 41.1 Å². The lowest BCUT2D eigenvalue weighted by molar-refractivity contribution is -0.385. The molecule has 0 spiro atoms. The van der Waals surface area contributed by atoms with Crippen molar-refractivity contribution in [1.29, 1.82) is 0 Å². The van der Waals surface area contributed by atoms with Crippen LogP contribution in [0.1, 0.15) is 31.1 Å². The molecule has 0 saturated carbocycles. The zero-order chi connectivity index (χ0) is 24.0. The zero-order valence-corrected chi connectivity index (χ0v) is 16.8. The highest BCUT2D eigenvalue weighted by atomic mass is 16.6. The molecule has 0 unspecified atom stereocenters. The summed E-state index contributed by atoms with van der Waals surface area (Å²) in [5, 5.41) is 24.0. The number of anilines is 1. The highest BCUT2D eigenvalue weighted by Crippen LogP contribution is 2.17. The van der Waals surface area contributed by atoms with Gasteiger partial charge in [-0.05, 0) is 42.5 Å². The standard InChI is InChI=1S/C22H15N3O8/c26-20(14-6-10-18(11-7-14)24(29)30)13-33-22(28)15-4-8-17(9-5-15)23-21(27)16-2-1-3-19(12-16)25(31)32/h1-12H,13H2,(H,23,27). The Morgan fingerprint density at radius 1 is 0.758 bits per heavy atom. The Hall–Kier alpha value is -4.93. The van der Waals surface area contributed by atoms with Crippen LogP contribution in [0.15, 0.2) is 72.8 Å². The second kappa shape index (κ2) is 9.92. The van der Waals surface area contributed by atoms with Crippen LogP contribution in [0.5, 0.6) is 0 Å². The van der Waals surface area contributed by atoms with Gasteiger partial charge in [0.25, 0.3) is 17.3 Å². The van der Waals surface area contributed by atoms with Crippen LogP contribution in [0.25, 0.3) is 0 Å². The molecule has 33 heavy (non-hydrogen) atoms. The lowest BCUT2D eigenvalue weighted by Gasteiger charge is -2.07. The Kier molecular flexibility index (Phi) is 6.84. The highest BCUT2D eigenvalue weighted by molar-refractivity contribution is 6.05. The van der Waals surface area contributed by atoms with Crippen LogP contribution < -0.4 is 5.32 Å². The van der Waals surface area contributed by atoms with Crippen LogP contribution in [0.4, 0.5) is 17.1 Å². The number of esters is 1. The highest BCUT2D eigenvalue weighted by Gasteiger charge is 2.15. The van der Waals surface area contributed by atoms with Gasteiger partial charge in [-0.15, -0.1) is 0 Å². The molecule has 0 aromatic heterocycles. The van der Waals surface area contributed by atoms with Gasteiger partial charge in [-0.2, -0.15) is 0 Å². The maximum Gasteiger partial charge on any atom is 0.338 e. The minimum Gasteiger partial charge on any atom is -0.454 e. The van der Waals surface area contributed by atoms with Crippen molar-refractivity contribution in [2.45, 2.75) is 0 Å². The quantitative estimate of drug-likeness (QED) is 0.235. The fourth-order valence-corrected chi connectivity index (χ4v) is 2.72. The summed E-state index contributed by atoms with van der Waals surface area (Å²) in [5.74, 6) is -1.87. The number of benzene rings is 3.